The third-order valence-electron chi connectivity index (χ3n) is 2.57. The Morgan fingerprint density at radius 1 is 1.44 bits per heavy atom. The lowest BCUT2D eigenvalue weighted by Gasteiger charge is -2.20. The fraction of sp³-hybridized carbons (Fsp3) is 0.500. The van der Waals surface area contributed by atoms with Crippen LogP contribution in [0.1, 0.15) is 18.5 Å². The van der Waals surface area contributed by atoms with Gasteiger partial charge in [0, 0.05) is 31.3 Å². The number of rotatable bonds is 6. The molecule has 4 heteroatoms. The van der Waals surface area contributed by atoms with Gasteiger partial charge in [-0.1, -0.05) is 29.8 Å². The quantitative estimate of drug-likeness (QED) is 0.802. The van der Waals surface area contributed by atoms with E-state index in [-0.39, 0.29) is 12.1 Å². The maximum Gasteiger partial charge on any atom is 0.0667 e. The van der Waals surface area contributed by atoms with Crippen LogP contribution in [0.4, 0.5) is 0 Å². The van der Waals surface area contributed by atoms with Gasteiger partial charge in [-0.15, -0.1) is 0 Å². The SMILES string of the molecule is COC(C)CNC(CN)c1ccccc1Cl. The first-order valence-electron chi connectivity index (χ1n) is 5.39. The van der Waals surface area contributed by atoms with Crippen LogP contribution in [0.5, 0.6) is 0 Å². The molecule has 16 heavy (non-hydrogen) atoms. The third kappa shape index (κ3) is 3.76. The van der Waals surface area contributed by atoms with E-state index >= 15 is 0 Å². The van der Waals surface area contributed by atoms with Gasteiger partial charge in [-0.3, -0.25) is 0 Å². The Hall–Kier alpha value is -0.610. The Labute approximate surface area is 102 Å². The fourth-order valence-electron chi connectivity index (χ4n) is 1.47. The Morgan fingerprint density at radius 3 is 2.69 bits per heavy atom. The molecule has 1 rings (SSSR count). The average molecular weight is 243 g/mol. The predicted octanol–water partition coefficient (Wildman–Crippen LogP) is 1.96. The van der Waals surface area contributed by atoms with Crippen molar-refractivity contribution in [2.75, 3.05) is 20.2 Å². The second kappa shape index (κ2) is 6.86. The summed E-state index contributed by atoms with van der Waals surface area (Å²) in [5, 5.41) is 4.09. The van der Waals surface area contributed by atoms with Crippen molar-refractivity contribution in [1.82, 2.24) is 5.32 Å². The van der Waals surface area contributed by atoms with Gasteiger partial charge in [0.25, 0.3) is 0 Å². The highest BCUT2D eigenvalue weighted by molar-refractivity contribution is 6.31. The second-order valence-electron chi connectivity index (χ2n) is 3.76. The van der Waals surface area contributed by atoms with Gasteiger partial charge >= 0.3 is 0 Å². The number of hydrogen-bond acceptors (Lipinski definition) is 3. The first-order valence-corrected chi connectivity index (χ1v) is 5.77. The zero-order valence-electron chi connectivity index (χ0n) is 9.74. The van der Waals surface area contributed by atoms with E-state index < -0.39 is 0 Å². The van der Waals surface area contributed by atoms with Crippen LogP contribution in [-0.2, 0) is 4.74 Å². The third-order valence-corrected chi connectivity index (χ3v) is 2.91. The van der Waals surface area contributed by atoms with Crippen molar-refractivity contribution in [3.8, 4) is 0 Å². The summed E-state index contributed by atoms with van der Waals surface area (Å²) in [6.07, 6.45) is 0.163. The highest BCUT2D eigenvalue weighted by atomic mass is 35.5. The minimum Gasteiger partial charge on any atom is -0.380 e. The van der Waals surface area contributed by atoms with Crippen LogP contribution in [-0.4, -0.2) is 26.3 Å². The number of hydrogen-bond donors (Lipinski definition) is 2. The Bertz CT molecular complexity index is 320. The first kappa shape index (κ1) is 13.5. The van der Waals surface area contributed by atoms with E-state index in [1.807, 2.05) is 31.2 Å². The zero-order valence-corrected chi connectivity index (χ0v) is 10.5. The maximum atomic E-state index is 6.12. The molecule has 0 aliphatic rings. The lowest BCUT2D eigenvalue weighted by molar-refractivity contribution is 0.114. The second-order valence-corrected chi connectivity index (χ2v) is 4.17. The molecule has 1 aromatic rings. The molecule has 2 atom stereocenters. The molecule has 0 saturated carbocycles. The van der Waals surface area contributed by atoms with Crippen LogP contribution in [0.25, 0.3) is 0 Å². The van der Waals surface area contributed by atoms with Gasteiger partial charge in [0.2, 0.25) is 0 Å². The van der Waals surface area contributed by atoms with Crippen LogP contribution in [0.15, 0.2) is 24.3 Å². The molecule has 0 aliphatic heterocycles. The zero-order chi connectivity index (χ0) is 12.0. The van der Waals surface area contributed by atoms with Gasteiger partial charge in [-0.05, 0) is 18.6 Å². The Morgan fingerprint density at radius 2 is 2.12 bits per heavy atom. The van der Waals surface area contributed by atoms with E-state index in [1.165, 1.54) is 0 Å². The van der Waals surface area contributed by atoms with Gasteiger partial charge < -0.3 is 15.8 Å². The minimum absolute atomic E-state index is 0.0753. The van der Waals surface area contributed by atoms with Crippen molar-refractivity contribution in [1.29, 1.82) is 0 Å². The number of halogens is 1. The van der Waals surface area contributed by atoms with Crippen LogP contribution in [0, 0.1) is 0 Å². The van der Waals surface area contributed by atoms with Crippen molar-refractivity contribution in [3.05, 3.63) is 34.9 Å². The number of ether oxygens (including phenoxy) is 1. The lowest BCUT2D eigenvalue weighted by Crippen LogP contribution is -2.34. The van der Waals surface area contributed by atoms with Gasteiger partial charge in [0.05, 0.1) is 6.10 Å². The molecule has 3 nitrogen and oxygen atoms in total. The van der Waals surface area contributed by atoms with Crippen molar-refractivity contribution in [2.45, 2.75) is 19.1 Å². The van der Waals surface area contributed by atoms with Crippen LogP contribution < -0.4 is 11.1 Å². The van der Waals surface area contributed by atoms with E-state index in [0.29, 0.717) is 6.54 Å². The molecule has 90 valence electrons. The maximum absolute atomic E-state index is 6.12. The van der Waals surface area contributed by atoms with Gasteiger partial charge in [-0.25, -0.2) is 0 Å². The molecular weight excluding hydrogens is 224 g/mol. The molecule has 0 amide bonds. The lowest BCUT2D eigenvalue weighted by atomic mass is 10.1. The summed E-state index contributed by atoms with van der Waals surface area (Å²) in [5.74, 6) is 0. The molecule has 0 aromatic heterocycles. The smallest absolute Gasteiger partial charge is 0.0667 e. The van der Waals surface area contributed by atoms with E-state index in [2.05, 4.69) is 5.32 Å². The molecule has 3 N–H and O–H groups in total. The average Bonchev–Trinajstić information content (AvgIpc) is 2.31. The van der Waals surface area contributed by atoms with E-state index in [1.54, 1.807) is 7.11 Å². The van der Waals surface area contributed by atoms with Crippen molar-refractivity contribution in [2.24, 2.45) is 5.73 Å². The monoisotopic (exact) mass is 242 g/mol. The number of benzene rings is 1. The predicted molar refractivity (Wildman–Crippen MR) is 67.7 cm³/mol. The summed E-state index contributed by atoms with van der Waals surface area (Å²) in [5.41, 5.74) is 6.78. The summed E-state index contributed by atoms with van der Waals surface area (Å²) >= 11 is 6.12. The summed E-state index contributed by atoms with van der Waals surface area (Å²) in [6.45, 7) is 3.27. The molecule has 0 bridgehead atoms. The summed E-state index contributed by atoms with van der Waals surface area (Å²) in [6, 6.07) is 7.82. The molecule has 0 fully saturated rings. The first-order chi connectivity index (χ1) is 7.69. The highest BCUT2D eigenvalue weighted by Crippen LogP contribution is 2.21. The highest BCUT2D eigenvalue weighted by Gasteiger charge is 2.12. The Balaban J connectivity index is 2.64. The molecular formula is C12H19ClN2O. The van der Waals surface area contributed by atoms with E-state index in [4.69, 9.17) is 22.1 Å². The summed E-state index contributed by atoms with van der Waals surface area (Å²) in [4.78, 5) is 0. The molecule has 0 saturated heterocycles. The van der Waals surface area contributed by atoms with E-state index in [0.717, 1.165) is 17.1 Å². The summed E-state index contributed by atoms with van der Waals surface area (Å²) in [7, 11) is 1.69. The standard InChI is InChI=1S/C12H19ClN2O/c1-9(16-2)8-15-12(7-14)10-5-3-4-6-11(10)13/h3-6,9,12,15H,7-8,14H2,1-2H3. The van der Waals surface area contributed by atoms with Gasteiger partial charge in [-0.2, -0.15) is 0 Å². The normalized spacial score (nSPS) is 14.8. The van der Waals surface area contributed by atoms with Gasteiger partial charge in [0.15, 0.2) is 0 Å². The number of nitrogens with one attached hydrogen (secondary N) is 1. The van der Waals surface area contributed by atoms with Crippen molar-refractivity contribution < 1.29 is 4.74 Å². The number of nitrogens with two attached hydrogens (primary N) is 1. The minimum atomic E-state index is 0.0753. The molecule has 1 aromatic carbocycles. The largest absolute Gasteiger partial charge is 0.380 e. The van der Waals surface area contributed by atoms with Crippen molar-refractivity contribution >= 4 is 11.6 Å². The topological polar surface area (TPSA) is 47.3 Å². The fourth-order valence-corrected chi connectivity index (χ4v) is 1.74. The Kier molecular flexibility index (Phi) is 5.77. The van der Waals surface area contributed by atoms with Crippen LogP contribution in [0.3, 0.4) is 0 Å². The molecule has 0 aliphatic carbocycles. The van der Waals surface area contributed by atoms with Gasteiger partial charge in [0.1, 0.15) is 0 Å². The number of methoxy groups -OCH3 is 1. The summed E-state index contributed by atoms with van der Waals surface area (Å²) < 4.78 is 5.17. The van der Waals surface area contributed by atoms with Crippen LogP contribution in [0.2, 0.25) is 5.02 Å². The molecule has 0 heterocycles. The van der Waals surface area contributed by atoms with E-state index in [9.17, 15) is 0 Å². The van der Waals surface area contributed by atoms with Crippen molar-refractivity contribution in [3.63, 3.8) is 0 Å². The molecule has 2 unspecified atom stereocenters. The molecule has 0 radical (unpaired) electrons. The van der Waals surface area contributed by atoms with Crippen LogP contribution >= 0.6 is 11.6 Å². The molecule has 0 spiro atoms.